The van der Waals surface area contributed by atoms with E-state index in [1.807, 2.05) is 0 Å². The number of carboxylic acid groups (broad SMARTS) is 1. The summed E-state index contributed by atoms with van der Waals surface area (Å²) in [4.78, 5) is 25.8. The predicted octanol–water partition coefficient (Wildman–Crippen LogP) is 0.414. The summed E-state index contributed by atoms with van der Waals surface area (Å²) in [6, 6.07) is -1.27. The maximum absolute atomic E-state index is 11.4. The Morgan fingerprint density at radius 1 is 1.67 bits per heavy atom. The zero-order valence-electron chi connectivity index (χ0n) is 7.44. The number of amides is 1. The molecule has 0 aliphatic carbocycles. The van der Waals surface area contributed by atoms with Gasteiger partial charge >= 0.3 is 5.97 Å². The highest BCUT2D eigenvalue weighted by molar-refractivity contribution is 6.00. The number of aliphatic carboxylic acids is 1. The van der Waals surface area contributed by atoms with Crippen molar-refractivity contribution in [1.29, 1.82) is 0 Å². The lowest BCUT2D eigenvalue weighted by atomic mass is 9.92. The average molecular weight is 206 g/mol. The van der Waals surface area contributed by atoms with Crippen molar-refractivity contribution in [2.45, 2.75) is 12.1 Å². The molecule has 2 rings (SSSR count). The Kier molecular flexibility index (Phi) is 1.95. The molecular formula is C8H6N4O3. The molecule has 1 saturated heterocycles. The van der Waals surface area contributed by atoms with Gasteiger partial charge in [0.2, 0.25) is 5.91 Å². The van der Waals surface area contributed by atoms with Crippen LogP contribution in [-0.4, -0.2) is 34.0 Å². The molecule has 15 heavy (non-hydrogen) atoms. The molecule has 0 aromatic rings. The summed E-state index contributed by atoms with van der Waals surface area (Å²) < 4.78 is 0. The van der Waals surface area contributed by atoms with Crippen LogP contribution in [0.4, 0.5) is 0 Å². The third-order valence-electron chi connectivity index (χ3n) is 2.33. The zero-order chi connectivity index (χ0) is 11.0. The molecule has 0 unspecified atom stereocenters. The number of β-lactam (4-membered cyclic amide) rings is 1. The van der Waals surface area contributed by atoms with Gasteiger partial charge in [-0.15, -0.1) is 0 Å². The van der Waals surface area contributed by atoms with Gasteiger partial charge in [-0.05, 0) is 11.6 Å². The van der Waals surface area contributed by atoms with Crippen LogP contribution in [0.1, 0.15) is 0 Å². The van der Waals surface area contributed by atoms with Crippen molar-refractivity contribution in [3.63, 3.8) is 0 Å². The maximum Gasteiger partial charge on any atom is 0.352 e. The summed E-state index contributed by atoms with van der Waals surface area (Å²) in [7, 11) is 0. The first-order chi connectivity index (χ1) is 7.16. The van der Waals surface area contributed by atoms with E-state index >= 15 is 0 Å². The fourth-order valence-electron chi connectivity index (χ4n) is 1.65. The summed E-state index contributed by atoms with van der Waals surface area (Å²) in [6.07, 6.45) is 4.51. The quantitative estimate of drug-likeness (QED) is 0.306. The SMILES string of the molecule is [N-]=[N+]=N[C@H]1C(=O)N2C(C(=O)O)=CC=C[C@H]12. The van der Waals surface area contributed by atoms with Gasteiger partial charge in [-0.2, -0.15) is 0 Å². The Balaban J connectivity index is 2.30. The minimum atomic E-state index is -1.17. The lowest BCUT2D eigenvalue weighted by molar-refractivity contribution is -0.149. The molecule has 1 amide bonds. The Morgan fingerprint density at radius 2 is 2.40 bits per heavy atom. The number of carbonyl (C=O) groups excluding carboxylic acids is 1. The van der Waals surface area contributed by atoms with Crippen LogP contribution in [0.3, 0.4) is 0 Å². The number of allylic oxidation sites excluding steroid dienone is 2. The summed E-state index contributed by atoms with van der Waals surface area (Å²) in [6.45, 7) is 0. The Bertz CT molecular complexity index is 447. The molecule has 0 aromatic carbocycles. The van der Waals surface area contributed by atoms with Crippen LogP contribution >= 0.6 is 0 Å². The van der Waals surface area contributed by atoms with E-state index in [0.29, 0.717) is 0 Å². The van der Waals surface area contributed by atoms with Gasteiger partial charge in [-0.25, -0.2) is 4.79 Å². The fourth-order valence-corrected chi connectivity index (χ4v) is 1.65. The molecule has 0 aromatic heterocycles. The van der Waals surface area contributed by atoms with Crippen molar-refractivity contribution < 1.29 is 14.7 Å². The molecule has 0 spiro atoms. The molecule has 2 atom stereocenters. The monoisotopic (exact) mass is 206 g/mol. The van der Waals surface area contributed by atoms with E-state index in [1.54, 1.807) is 6.08 Å². The van der Waals surface area contributed by atoms with Gasteiger partial charge in [-0.3, -0.25) is 9.69 Å². The van der Waals surface area contributed by atoms with E-state index < -0.39 is 24.0 Å². The first-order valence-electron chi connectivity index (χ1n) is 4.16. The van der Waals surface area contributed by atoms with Crippen molar-refractivity contribution in [3.8, 4) is 0 Å². The van der Waals surface area contributed by atoms with Crippen LogP contribution in [0, 0.1) is 0 Å². The lowest BCUT2D eigenvalue weighted by Crippen LogP contribution is -2.63. The van der Waals surface area contributed by atoms with Crippen LogP contribution in [-0.2, 0) is 9.59 Å². The number of rotatable bonds is 2. The normalized spacial score (nSPS) is 27.3. The van der Waals surface area contributed by atoms with Crippen LogP contribution in [0.25, 0.3) is 10.4 Å². The van der Waals surface area contributed by atoms with Gasteiger partial charge in [-0.1, -0.05) is 17.3 Å². The van der Waals surface area contributed by atoms with Gasteiger partial charge in [0.15, 0.2) is 0 Å². The van der Waals surface area contributed by atoms with E-state index in [1.165, 1.54) is 12.2 Å². The second-order valence-electron chi connectivity index (χ2n) is 3.09. The number of fused-ring (bicyclic) bond motifs is 1. The first kappa shape index (κ1) is 9.29. The van der Waals surface area contributed by atoms with E-state index in [2.05, 4.69) is 10.0 Å². The molecule has 2 aliphatic heterocycles. The highest BCUT2D eigenvalue weighted by atomic mass is 16.4. The standard InChI is InChI=1S/C8H6N4O3/c9-11-10-6-4-2-1-3-5(8(14)15)12(4)7(6)13/h1-4,6H,(H,14,15)/t4-,6-/m1/s1. The summed E-state index contributed by atoms with van der Waals surface area (Å²) in [5.41, 5.74) is 8.13. The average Bonchev–Trinajstić information content (AvgIpc) is 2.24. The Morgan fingerprint density at radius 3 is 3.00 bits per heavy atom. The second kappa shape index (κ2) is 3.14. The predicted molar refractivity (Wildman–Crippen MR) is 48.4 cm³/mol. The van der Waals surface area contributed by atoms with Crippen molar-refractivity contribution in [2.75, 3.05) is 0 Å². The fraction of sp³-hybridized carbons (Fsp3) is 0.250. The molecular weight excluding hydrogens is 200 g/mol. The summed E-state index contributed by atoms with van der Waals surface area (Å²) in [5, 5.41) is 12.1. The second-order valence-corrected chi connectivity index (χ2v) is 3.09. The zero-order valence-corrected chi connectivity index (χ0v) is 7.44. The lowest BCUT2D eigenvalue weighted by Gasteiger charge is -2.44. The van der Waals surface area contributed by atoms with Gasteiger partial charge < -0.3 is 5.11 Å². The van der Waals surface area contributed by atoms with E-state index in [9.17, 15) is 9.59 Å². The van der Waals surface area contributed by atoms with Crippen LogP contribution in [0.2, 0.25) is 0 Å². The molecule has 2 aliphatic rings. The van der Waals surface area contributed by atoms with Crippen molar-refractivity contribution in [3.05, 3.63) is 34.4 Å². The number of carbonyl (C=O) groups is 2. The summed E-state index contributed by atoms with van der Waals surface area (Å²) >= 11 is 0. The molecule has 2 heterocycles. The number of azide groups is 1. The van der Waals surface area contributed by atoms with E-state index in [4.69, 9.17) is 10.6 Å². The van der Waals surface area contributed by atoms with Crippen molar-refractivity contribution >= 4 is 11.9 Å². The number of hydrogen-bond acceptors (Lipinski definition) is 3. The molecule has 76 valence electrons. The smallest absolute Gasteiger partial charge is 0.352 e. The first-order valence-corrected chi connectivity index (χ1v) is 4.16. The maximum atomic E-state index is 11.4. The van der Waals surface area contributed by atoms with E-state index in [0.717, 1.165) is 4.90 Å². The number of nitrogens with zero attached hydrogens (tertiary/aromatic N) is 4. The van der Waals surface area contributed by atoms with Gasteiger partial charge in [0.25, 0.3) is 0 Å². The molecule has 1 N–H and O–H groups in total. The summed E-state index contributed by atoms with van der Waals surface area (Å²) in [5.74, 6) is -1.65. The molecule has 0 radical (unpaired) electrons. The highest BCUT2D eigenvalue weighted by Gasteiger charge is 2.49. The topological polar surface area (TPSA) is 106 Å². The van der Waals surface area contributed by atoms with Crippen LogP contribution < -0.4 is 0 Å². The van der Waals surface area contributed by atoms with Gasteiger partial charge in [0.1, 0.15) is 11.7 Å². The van der Waals surface area contributed by atoms with Crippen molar-refractivity contribution in [2.24, 2.45) is 5.11 Å². The molecule has 1 fully saturated rings. The van der Waals surface area contributed by atoms with Crippen molar-refractivity contribution in [1.82, 2.24) is 4.90 Å². The minimum Gasteiger partial charge on any atom is -0.477 e. The number of hydrogen-bond donors (Lipinski definition) is 1. The third kappa shape index (κ3) is 1.18. The molecule has 7 nitrogen and oxygen atoms in total. The Hall–Kier alpha value is -2.27. The third-order valence-corrected chi connectivity index (χ3v) is 2.33. The Labute approximate surface area is 83.9 Å². The molecule has 0 saturated carbocycles. The van der Waals surface area contributed by atoms with Crippen LogP contribution in [0.15, 0.2) is 29.0 Å². The minimum absolute atomic E-state index is 0.0862. The van der Waals surface area contributed by atoms with Crippen LogP contribution in [0.5, 0.6) is 0 Å². The molecule has 0 bridgehead atoms. The highest BCUT2D eigenvalue weighted by Crippen LogP contribution is 2.31. The molecule has 7 heteroatoms. The van der Waals surface area contributed by atoms with Gasteiger partial charge in [0.05, 0.1) is 6.04 Å². The van der Waals surface area contributed by atoms with E-state index in [-0.39, 0.29) is 5.70 Å². The number of carboxylic acids is 1. The largest absolute Gasteiger partial charge is 0.477 e. The van der Waals surface area contributed by atoms with Gasteiger partial charge in [0, 0.05) is 4.91 Å².